The van der Waals surface area contributed by atoms with E-state index >= 15 is 0 Å². The molecule has 0 saturated heterocycles. The van der Waals surface area contributed by atoms with Crippen molar-refractivity contribution in [3.63, 3.8) is 0 Å². The van der Waals surface area contributed by atoms with Gasteiger partial charge in [0.15, 0.2) is 0 Å². The Morgan fingerprint density at radius 1 is 1.15 bits per heavy atom. The van der Waals surface area contributed by atoms with Crippen molar-refractivity contribution >= 4 is 33.9 Å². The van der Waals surface area contributed by atoms with Crippen molar-refractivity contribution in [2.75, 3.05) is 24.3 Å². The zero-order chi connectivity index (χ0) is 18.8. The fourth-order valence-electron chi connectivity index (χ4n) is 2.74. The van der Waals surface area contributed by atoms with Crippen LogP contribution in [0.2, 0.25) is 0 Å². The van der Waals surface area contributed by atoms with Gasteiger partial charge in [-0.2, -0.15) is 0 Å². The Balaban J connectivity index is 2.04. The zero-order valence-corrected chi connectivity index (χ0v) is 14.7. The number of carbonyl (C=O) groups is 1. The van der Waals surface area contributed by atoms with Crippen molar-refractivity contribution < 1.29 is 9.72 Å². The summed E-state index contributed by atoms with van der Waals surface area (Å²) in [5.41, 5.74) is 2.77. The molecule has 0 fully saturated rings. The van der Waals surface area contributed by atoms with Crippen molar-refractivity contribution in [3.05, 3.63) is 69.9 Å². The molecule has 0 radical (unpaired) electrons. The summed E-state index contributed by atoms with van der Waals surface area (Å²) in [6.07, 6.45) is 0. The minimum absolute atomic E-state index is 0.132. The van der Waals surface area contributed by atoms with Crippen molar-refractivity contribution in [3.8, 4) is 0 Å². The van der Waals surface area contributed by atoms with E-state index in [0.717, 1.165) is 11.1 Å². The maximum Gasteiger partial charge on any atom is 0.270 e. The minimum Gasteiger partial charge on any atom is -0.377 e. The van der Waals surface area contributed by atoms with Crippen LogP contribution in [0.25, 0.3) is 10.9 Å². The number of hydrogen-bond donors (Lipinski definition) is 1. The number of rotatable bonds is 4. The van der Waals surface area contributed by atoms with Gasteiger partial charge < -0.3 is 10.2 Å². The van der Waals surface area contributed by atoms with E-state index in [1.165, 1.54) is 12.1 Å². The van der Waals surface area contributed by atoms with Gasteiger partial charge in [-0.05, 0) is 25.1 Å². The third kappa shape index (κ3) is 3.32. The largest absolute Gasteiger partial charge is 0.377 e. The number of nitrogens with one attached hydrogen (secondary N) is 1. The molecule has 7 nitrogen and oxygen atoms in total. The van der Waals surface area contributed by atoms with Crippen LogP contribution in [-0.2, 0) is 0 Å². The van der Waals surface area contributed by atoms with Gasteiger partial charge in [-0.3, -0.25) is 19.9 Å². The molecule has 1 aromatic heterocycles. The number of non-ortho nitro benzene ring substituents is 1. The summed E-state index contributed by atoms with van der Waals surface area (Å²) in [4.78, 5) is 29.7. The SMILES string of the molecule is Cc1ccc2cccc(NC(=O)c3cc([N+](=O)[O-])ccc3N(C)C)c2n1. The van der Waals surface area contributed by atoms with Crippen molar-refractivity contribution in [1.29, 1.82) is 0 Å². The molecular weight excluding hydrogens is 332 g/mol. The number of benzene rings is 2. The molecule has 0 spiro atoms. The van der Waals surface area contributed by atoms with E-state index in [1.54, 1.807) is 31.1 Å². The second kappa shape index (κ2) is 6.79. The molecule has 26 heavy (non-hydrogen) atoms. The third-order valence-electron chi connectivity index (χ3n) is 4.03. The number of carbonyl (C=O) groups excluding carboxylic acids is 1. The number of aryl methyl sites for hydroxylation is 1. The number of pyridine rings is 1. The maximum atomic E-state index is 12.9. The molecule has 0 aliphatic heterocycles. The number of nitrogens with zero attached hydrogens (tertiary/aromatic N) is 3. The van der Waals surface area contributed by atoms with Gasteiger partial charge in [-0.1, -0.05) is 18.2 Å². The molecule has 0 aliphatic carbocycles. The highest BCUT2D eigenvalue weighted by atomic mass is 16.6. The fourth-order valence-corrected chi connectivity index (χ4v) is 2.74. The highest BCUT2D eigenvalue weighted by Gasteiger charge is 2.19. The topological polar surface area (TPSA) is 88.4 Å². The second-order valence-corrected chi connectivity index (χ2v) is 6.14. The zero-order valence-electron chi connectivity index (χ0n) is 14.7. The van der Waals surface area contributed by atoms with E-state index in [1.807, 2.05) is 31.2 Å². The Labute approximate surface area is 150 Å². The predicted molar refractivity (Wildman–Crippen MR) is 102 cm³/mol. The molecule has 0 saturated carbocycles. The third-order valence-corrected chi connectivity index (χ3v) is 4.03. The predicted octanol–water partition coefficient (Wildman–Crippen LogP) is 3.77. The molecular formula is C19H18N4O3. The maximum absolute atomic E-state index is 12.9. The van der Waals surface area contributed by atoms with Crippen LogP contribution >= 0.6 is 0 Å². The van der Waals surface area contributed by atoms with E-state index in [9.17, 15) is 14.9 Å². The monoisotopic (exact) mass is 350 g/mol. The lowest BCUT2D eigenvalue weighted by atomic mass is 10.1. The van der Waals surface area contributed by atoms with Crippen LogP contribution in [0.3, 0.4) is 0 Å². The fraction of sp³-hybridized carbons (Fsp3) is 0.158. The van der Waals surface area contributed by atoms with Crippen LogP contribution in [0.5, 0.6) is 0 Å². The van der Waals surface area contributed by atoms with Gasteiger partial charge in [-0.15, -0.1) is 0 Å². The van der Waals surface area contributed by atoms with Crippen LogP contribution in [0.15, 0.2) is 48.5 Å². The van der Waals surface area contributed by atoms with Crippen LogP contribution in [0.1, 0.15) is 16.1 Å². The van der Waals surface area contributed by atoms with Gasteiger partial charge in [0.05, 0.1) is 21.7 Å². The molecule has 132 valence electrons. The summed E-state index contributed by atoms with van der Waals surface area (Å²) in [6, 6.07) is 13.6. The van der Waals surface area contributed by atoms with Crippen LogP contribution < -0.4 is 10.2 Å². The number of nitro groups is 1. The lowest BCUT2D eigenvalue weighted by Crippen LogP contribution is -2.19. The Morgan fingerprint density at radius 3 is 2.62 bits per heavy atom. The number of aromatic nitrogens is 1. The summed E-state index contributed by atoms with van der Waals surface area (Å²) in [5.74, 6) is -0.423. The van der Waals surface area contributed by atoms with Gasteiger partial charge in [0, 0.05) is 43.0 Å². The van der Waals surface area contributed by atoms with E-state index in [-0.39, 0.29) is 11.3 Å². The van der Waals surface area contributed by atoms with Crippen LogP contribution in [-0.4, -0.2) is 29.9 Å². The van der Waals surface area contributed by atoms with E-state index in [4.69, 9.17) is 0 Å². The molecule has 2 aromatic carbocycles. The van der Waals surface area contributed by atoms with Crippen molar-refractivity contribution in [2.45, 2.75) is 6.92 Å². The number of nitro benzene ring substituents is 1. The lowest BCUT2D eigenvalue weighted by molar-refractivity contribution is -0.384. The first-order chi connectivity index (χ1) is 12.4. The molecule has 3 aromatic rings. The first kappa shape index (κ1) is 17.3. The molecule has 1 amide bonds. The first-order valence-electron chi connectivity index (χ1n) is 8.00. The van der Waals surface area contributed by atoms with E-state index in [0.29, 0.717) is 16.9 Å². The highest BCUT2D eigenvalue weighted by Crippen LogP contribution is 2.27. The van der Waals surface area contributed by atoms with Crippen LogP contribution in [0.4, 0.5) is 17.1 Å². The number of para-hydroxylation sites is 1. The molecule has 7 heteroatoms. The number of fused-ring (bicyclic) bond motifs is 1. The molecule has 1 N–H and O–H groups in total. The Kier molecular flexibility index (Phi) is 4.53. The van der Waals surface area contributed by atoms with E-state index < -0.39 is 10.8 Å². The summed E-state index contributed by atoms with van der Waals surface area (Å²) < 4.78 is 0. The standard InChI is InChI=1S/C19H18N4O3/c1-12-7-8-13-5-4-6-16(18(13)20-12)21-19(24)15-11-14(23(25)26)9-10-17(15)22(2)3/h4-11H,1-3H3,(H,21,24). The van der Waals surface area contributed by atoms with Gasteiger partial charge in [0.2, 0.25) is 0 Å². The number of amides is 1. The molecule has 3 rings (SSSR count). The lowest BCUT2D eigenvalue weighted by Gasteiger charge is -2.17. The van der Waals surface area contributed by atoms with Crippen molar-refractivity contribution in [2.24, 2.45) is 0 Å². The summed E-state index contributed by atoms with van der Waals surface area (Å²) in [6.45, 7) is 1.88. The Hall–Kier alpha value is -3.48. The molecule has 1 heterocycles. The Bertz CT molecular complexity index is 1010. The van der Waals surface area contributed by atoms with Crippen LogP contribution in [0, 0.1) is 17.0 Å². The normalized spacial score (nSPS) is 10.6. The average Bonchev–Trinajstić information content (AvgIpc) is 2.61. The first-order valence-corrected chi connectivity index (χ1v) is 8.00. The van der Waals surface area contributed by atoms with E-state index in [2.05, 4.69) is 10.3 Å². The summed E-state index contributed by atoms with van der Waals surface area (Å²) in [7, 11) is 3.56. The quantitative estimate of drug-likeness (QED) is 0.571. The minimum atomic E-state index is -0.515. The van der Waals surface area contributed by atoms with Gasteiger partial charge in [0.1, 0.15) is 0 Å². The molecule has 0 unspecified atom stereocenters. The van der Waals surface area contributed by atoms with Gasteiger partial charge >= 0.3 is 0 Å². The molecule has 0 bridgehead atoms. The summed E-state index contributed by atoms with van der Waals surface area (Å²) in [5, 5.41) is 14.8. The van der Waals surface area contributed by atoms with Crippen molar-refractivity contribution in [1.82, 2.24) is 4.98 Å². The van der Waals surface area contributed by atoms with Gasteiger partial charge in [0.25, 0.3) is 11.6 Å². The Morgan fingerprint density at radius 2 is 1.92 bits per heavy atom. The second-order valence-electron chi connectivity index (χ2n) is 6.14. The number of hydrogen-bond acceptors (Lipinski definition) is 5. The highest BCUT2D eigenvalue weighted by molar-refractivity contribution is 6.11. The smallest absolute Gasteiger partial charge is 0.270 e. The van der Waals surface area contributed by atoms with Gasteiger partial charge in [-0.25, -0.2) is 0 Å². The average molecular weight is 350 g/mol. The molecule has 0 atom stereocenters. The molecule has 0 aliphatic rings. The number of anilines is 2. The summed E-state index contributed by atoms with van der Waals surface area (Å²) >= 11 is 0.